The van der Waals surface area contributed by atoms with Crippen LogP contribution in [0.5, 0.6) is 0 Å². The normalized spacial score (nSPS) is 18.7. The largest absolute Gasteiger partial charge is 0.376 e. The summed E-state index contributed by atoms with van der Waals surface area (Å²) in [4.78, 5) is 16.4. The molecule has 122 valence electrons. The highest BCUT2D eigenvalue weighted by molar-refractivity contribution is 5.79. The van der Waals surface area contributed by atoms with Crippen LogP contribution in [-0.4, -0.2) is 29.8 Å². The molecule has 0 aliphatic carbocycles. The summed E-state index contributed by atoms with van der Waals surface area (Å²) in [7, 11) is 0. The molecule has 3 rings (SSSR count). The molecule has 2 amide bonds. The Bertz CT molecular complexity index is 668. The molecule has 1 aromatic heterocycles. The number of rotatable bonds is 5. The first-order valence-electron chi connectivity index (χ1n) is 8.26. The average molecular weight is 313 g/mol. The Labute approximate surface area is 136 Å². The molecular formula is C18H23N3O2. The van der Waals surface area contributed by atoms with Crippen LogP contribution in [0.1, 0.15) is 31.7 Å². The molecule has 0 saturated carbocycles. The number of fused-ring (bicyclic) bond motifs is 1. The highest BCUT2D eigenvalue weighted by Crippen LogP contribution is 2.17. The monoisotopic (exact) mass is 313 g/mol. The van der Waals surface area contributed by atoms with Crippen molar-refractivity contribution in [1.82, 2.24) is 15.6 Å². The number of nitrogens with one attached hydrogen (secondary N) is 2. The summed E-state index contributed by atoms with van der Waals surface area (Å²) in [6, 6.07) is 9.91. The van der Waals surface area contributed by atoms with Crippen molar-refractivity contribution in [1.29, 1.82) is 0 Å². The van der Waals surface area contributed by atoms with Crippen molar-refractivity contribution in [3.8, 4) is 0 Å². The van der Waals surface area contributed by atoms with Crippen LogP contribution in [0.25, 0.3) is 10.9 Å². The van der Waals surface area contributed by atoms with Gasteiger partial charge < -0.3 is 15.4 Å². The van der Waals surface area contributed by atoms with Gasteiger partial charge in [0, 0.05) is 24.7 Å². The zero-order valence-corrected chi connectivity index (χ0v) is 13.4. The molecule has 2 aromatic rings. The maximum Gasteiger partial charge on any atom is 0.315 e. The fraction of sp³-hybridized carbons (Fsp3) is 0.444. The van der Waals surface area contributed by atoms with Crippen LogP contribution in [0.2, 0.25) is 0 Å². The minimum atomic E-state index is -0.140. The lowest BCUT2D eigenvalue weighted by molar-refractivity contribution is 0.0796. The van der Waals surface area contributed by atoms with E-state index in [1.54, 1.807) is 6.20 Å². The number of hydrogen-bond donors (Lipinski definition) is 2. The Morgan fingerprint density at radius 1 is 1.43 bits per heavy atom. The van der Waals surface area contributed by atoms with Crippen LogP contribution in [0.3, 0.4) is 0 Å². The van der Waals surface area contributed by atoms with Crippen LogP contribution in [0.4, 0.5) is 4.79 Å². The number of hydrogen-bond acceptors (Lipinski definition) is 3. The average Bonchev–Trinajstić information content (AvgIpc) is 3.12. The summed E-state index contributed by atoms with van der Waals surface area (Å²) in [5, 5.41) is 7.04. The second-order valence-electron chi connectivity index (χ2n) is 5.92. The SMILES string of the molecule is CC[C@@H](NC(=O)NCc1ccc2ncccc2c1)[C@H]1CCCO1. The second-order valence-corrected chi connectivity index (χ2v) is 5.92. The standard InChI is InChI=1S/C18H23N3O2/c1-2-15(17-6-4-10-23-17)21-18(22)20-12-13-7-8-16-14(11-13)5-3-9-19-16/h3,5,7-9,11,15,17H,2,4,6,10,12H2,1H3,(H2,20,21,22)/t15-,17-/m1/s1. The number of pyridine rings is 1. The van der Waals surface area contributed by atoms with E-state index in [1.165, 1.54) is 0 Å². The molecule has 1 aliphatic heterocycles. The molecule has 5 heteroatoms. The molecule has 2 atom stereocenters. The van der Waals surface area contributed by atoms with Crippen molar-refractivity contribution in [2.75, 3.05) is 6.61 Å². The number of carbonyl (C=O) groups is 1. The van der Waals surface area contributed by atoms with Gasteiger partial charge in [-0.25, -0.2) is 4.79 Å². The molecule has 0 unspecified atom stereocenters. The zero-order valence-electron chi connectivity index (χ0n) is 13.4. The Hall–Kier alpha value is -2.14. The van der Waals surface area contributed by atoms with Crippen molar-refractivity contribution in [2.45, 2.75) is 44.9 Å². The zero-order chi connectivity index (χ0) is 16.1. The van der Waals surface area contributed by atoms with Gasteiger partial charge in [0.2, 0.25) is 0 Å². The summed E-state index contributed by atoms with van der Waals surface area (Å²) in [6.07, 6.45) is 4.91. The summed E-state index contributed by atoms with van der Waals surface area (Å²) in [6.45, 7) is 3.37. The molecule has 0 bridgehead atoms. The van der Waals surface area contributed by atoms with Gasteiger partial charge in [-0.15, -0.1) is 0 Å². The van der Waals surface area contributed by atoms with Crippen LogP contribution in [0, 0.1) is 0 Å². The number of carbonyl (C=O) groups excluding carboxylic acids is 1. The van der Waals surface area contributed by atoms with Crippen LogP contribution >= 0.6 is 0 Å². The van der Waals surface area contributed by atoms with Crippen molar-refractivity contribution in [2.24, 2.45) is 0 Å². The van der Waals surface area contributed by atoms with Gasteiger partial charge in [-0.2, -0.15) is 0 Å². The highest BCUT2D eigenvalue weighted by Gasteiger charge is 2.25. The smallest absolute Gasteiger partial charge is 0.315 e. The van der Waals surface area contributed by atoms with E-state index in [4.69, 9.17) is 4.74 Å². The third-order valence-electron chi connectivity index (χ3n) is 4.29. The molecule has 1 aromatic carbocycles. The van der Waals surface area contributed by atoms with E-state index in [0.29, 0.717) is 6.54 Å². The predicted octanol–water partition coefficient (Wildman–Crippen LogP) is 2.99. The molecule has 0 radical (unpaired) electrons. The first-order valence-corrected chi connectivity index (χ1v) is 8.26. The topological polar surface area (TPSA) is 63.2 Å². The van der Waals surface area contributed by atoms with Crippen LogP contribution in [0.15, 0.2) is 36.5 Å². The number of ether oxygens (including phenoxy) is 1. The first-order chi connectivity index (χ1) is 11.3. The summed E-state index contributed by atoms with van der Waals surface area (Å²) in [5.74, 6) is 0. The lowest BCUT2D eigenvalue weighted by Crippen LogP contribution is -2.47. The number of benzene rings is 1. The van der Waals surface area contributed by atoms with Gasteiger partial charge in [0.25, 0.3) is 0 Å². The number of aromatic nitrogens is 1. The third-order valence-corrected chi connectivity index (χ3v) is 4.29. The van der Waals surface area contributed by atoms with Gasteiger partial charge in [0.15, 0.2) is 0 Å². The Morgan fingerprint density at radius 3 is 3.13 bits per heavy atom. The molecule has 5 nitrogen and oxygen atoms in total. The second kappa shape index (κ2) is 7.42. The van der Waals surface area contributed by atoms with E-state index < -0.39 is 0 Å². The number of amides is 2. The summed E-state index contributed by atoms with van der Waals surface area (Å²) >= 11 is 0. The molecular weight excluding hydrogens is 290 g/mol. The van der Waals surface area contributed by atoms with Crippen molar-refractivity contribution in [3.63, 3.8) is 0 Å². The van der Waals surface area contributed by atoms with Crippen molar-refractivity contribution < 1.29 is 9.53 Å². The highest BCUT2D eigenvalue weighted by atomic mass is 16.5. The summed E-state index contributed by atoms with van der Waals surface area (Å²) in [5.41, 5.74) is 2.02. The Morgan fingerprint density at radius 2 is 2.35 bits per heavy atom. The van der Waals surface area contributed by atoms with E-state index in [2.05, 4.69) is 28.6 Å². The van der Waals surface area contributed by atoms with E-state index in [1.807, 2.05) is 24.3 Å². The minimum absolute atomic E-state index is 0.0818. The maximum atomic E-state index is 12.1. The molecule has 1 fully saturated rings. The van der Waals surface area contributed by atoms with Crippen molar-refractivity contribution in [3.05, 3.63) is 42.1 Å². The lowest BCUT2D eigenvalue weighted by Gasteiger charge is -2.23. The molecule has 0 spiro atoms. The fourth-order valence-corrected chi connectivity index (χ4v) is 3.01. The quantitative estimate of drug-likeness (QED) is 0.892. The maximum absolute atomic E-state index is 12.1. The molecule has 1 aliphatic rings. The van der Waals surface area contributed by atoms with E-state index in [-0.39, 0.29) is 18.2 Å². The van der Waals surface area contributed by atoms with Gasteiger partial charge >= 0.3 is 6.03 Å². The van der Waals surface area contributed by atoms with Gasteiger partial charge in [0.05, 0.1) is 17.7 Å². The van der Waals surface area contributed by atoms with E-state index in [9.17, 15) is 4.79 Å². The number of urea groups is 1. The van der Waals surface area contributed by atoms with Gasteiger partial charge in [0.1, 0.15) is 0 Å². The molecule has 2 heterocycles. The Kier molecular flexibility index (Phi) is 5.08. The minimum Gasteiger partial charge on any atom is -0.376 e. The Balaban J connectivity index is 1.54. The van der Waals surface area contributed by atoms with E-state index in [0.717, 1.165) is 42.3 Å². The third kappa shape index (κ3) is 3.99. The first kappa shape index (κ1) is 15.7. The van der Waals surface area contributed by atoms with Gasteiger partial charge in [-0.05, 0) is 43.0 Å². The van der Waals surface area contributed by atoms with E-state index >= 15 is 0 Å². The summed E-state index contributed by atoms with van der Waals surface area (Å²) < 4.78 is 5.67. The fourth-order valence-electron chi connectivity index (χ4n) is 3.01. The van der Waals surface area contributed by atoms with Crippen LogP contribution < -0.4 is 10.6 Å². The molecule has 23 heavy (non-hydrogen) atoms. The predicted molar refractivity (Wildman–Crippen MR) is 90.2 cm³/mol. The number of nitrogens with zero attached hydrogens (tertiary/aromatic N) is 1. The van der Waals surface area contributed by atoms with Gasteiger partial charge in [-0.3, -0.25) is 4.98 Å². The van der Waals surface area contributed by atoms with Gasteiger partial charge in [-0.1, -0.05) is 19.1 Å². The lowest BCUT2D eigenvalue weighted by atomic mass is 10.1. The van der Waals surface area contributed by atoms with Crippen LogP contribution in [-0.2, 0) is 11.3 Å². The molecule has 1 saturated heterocycles. The van der Waals surface area contributed by atoms with Crippen molar-refractivity contribution >= 4 is 16.9 Å². The molecule has 2 N–H and O–H groups in total.